The molecule has 11 heteroatoms. The van der Waals surface area contributed by atoms with E-state index in [4.69, 9.17) is 15.1 Å². The van der Waals surface area contributed by atoms with Crippen molar-refractivity contribution >= 4 is 23.2 Å². The molecule has 196 valence electrons. The Bertz CT molecular complexity index is 2180. The Hall–Kier alpha value is -5.06. The first kappa shape index (κ1) is 15.4. The predicted molar refractivity (Wildman–Crippen MR) is 141 cm³/mol. The van der Waals surface area contributed by atoms with Gasteiger partial charge in [0.15, 0.2) is 0 Å². The number of carbonyl (C=O) groups excluding carboxylic acids is 1. The monoisotopic (exact) mass is 540 g/mol. The number of imidazole rings is 1. The van der Waals surface area contributed by atoms with Crippen LogP contribution in [0.5, 0.6) is 0 Å². The number of anilines is 3. The van der Waals surface area contributed by atoms with Crippen LogP contribution in [0.15, 0.2) is 85.5 Å². The highest BCUT2D eigenvalue weighted by Gasteiger charge is 2.31. The van der Waals surface area contributed by atoms with Gasteiger partial charge >= 0.3 is 6.18 Å². The smallest absolute Gasteiger partial charge is 0.324 e. The Balaban J connectivity index is 1.70. The molecule has 0 saturated carbocycles. The molecule has 5 aromatic rings. The van der Waals surface area contributed by atoms with Crippen LogP contribution in [-0.2, 0) is 6.18 Å². The SMILES string of the molecule is [2H]c1nc(Nc2c([2H])c(C(=O)Nc3c([2H])c(-n4cnc(C)c4)c([2H])c(C(F)(F)F)c3[2H])c([2H])c([2H])c2C([2H])([2H])[2H])nc(-c2cccnc2)c1[2H]. The summed E-state index contributed by atoms with van der Waals surface area (Å²) in [6, 6.07) is -4.33. The van der Waals surface area contributed by atoms with Gasteiger partial charge in [0, 0.05) is 57.1 Å². The molecule has 0 aliphatic carbocycles. The number of hydrogen-bond acceptors (Lipinski definition) is 6. The van der Waals surface area contributed by atoms with Crippen molar-refractivity contribution in [1.82, 2.24) is 24.5 Å². The number of nitrogens with one attached hydrogen (secondary N) is 2. The van der Waals surface area contributed by atoms with Gasteiger partial charge in [0.05, 0.1) is 34.2 Å². The van der Waals surface area contributed by atoms with Crippen molar-refractivity contribution in [1.29, 1.82) is 0 Å². The summed E-state index contributed by atoms with van der Waals surface area (Å²) < 4.78 is 134. The van der Waals surface area contributed by atoms with Gasteiger partial charge in [-0.2, -0.15) is 13.2 Å². The van der Waals surface area contributed by atoms with Gasteiger partial charge in [-0.3, -0.25) is 9.78 Å². The molecule has 0 aliphatic rings. The van der Waals surface area contributed by atoms with E-state index in [0.717, 1.165) is 10.9 Å². The van der Waals surface area contributed by atoms with Gasteiger partial charge in [0.1, 0.15) is 0 Å². The van der Waals surface area contributed by atoms with E-state index in [2.05, 4.69) is 25.3 Å². The van der Waals surface area contributed by atoms with Crippen LogP contribution < -0.4 is 10.6 Å². The number of aromatic nitrogens is 5. The van der Waals surface area contributed by atoms with Crippen molar-refractivity contribution in [3.05, 3.63) is 108 Å². The molecular weight excluding hydrogens is 507 g/mol. The number of benzene rings is 2. The molecule has 3 heterocycles. The van der Waals surface area contributed by atoms with Crippen LogP contribution in [-0.4, -0.2) is 30.4 Å². The lowest BCUT2D eigenvalue weighted by molar-refractivity contribution is -0.137. The van der Waals surface area contributed by atoms with Gasteiger partial charge in [-0.1, -0.05) is 6.04 Å². The quantitative estimate of drug-likeness (QED) is 0.260. The normalized spacial score (nSPS) is 15.6. The van der Waals surface area contributed by atoms with E-state index in [1.165, 1.54) is 37.6 Å². The Morgan fingerprint density at radius 3 is 2.72 bits per heavy atom. The molecule has 8 nitrogen and oxygen atoms in total. The molecule has 0 atom stereocenters. The lowest BCUT2D eigenvalue weighted by Crippen LogP contribution is -2.14. The van der Waals surface area contributed by atoms with Crippen LogP contribution in [0.4, 0.5) is 30.5 Å². The number of halogens is 3. The first-order valence-electron chi connectivity index (χ1n) is 16.4. The molecule has 0 unspecified atom stereocenters. The number of alkyl halides is 3. The van der Waals surface area contributed by atoms with Crippen LogP contribution >= 0.6 is 0 Å². The third kappa shape index (κ3) is 5.93. The van der Waals surface area contributed by atoms with Crippen molar-refractivity contribution < 1.29 is 33.0 Å². The average Bonchev–Trinajstić information content (AvgIpc) is 3.44. The summed E-state index contributed by atoms with van der Waals surface area (Å²) in [5, 5.41) is 4.35. The second-order valence-electron chi connectivity index (χ2n) is 7.85. The second-order valence-corrected chi connectivity index (χ2v) is 7.85. The van der Waals surface area contributed by atoms with E-state index < -0.39 is 107 Å². The summed E-state index contributed by atoms with van der Waals surface area (Å²) in [7, 11) is 0. The number of hydrogen-bond donors (Lipinski definition) is 2. The average molecular weight is 541 g/mol. The Morgan fingerprint density at radius 2 is 2.00 bits per heavy atom. The van der Waals surface area contributed by atoms with Gasteiger partial charge in [0.2, 0.25) is 5.95 Å². The van der Waals surface area contributed by atoms with E-state index in [1.807, 2.05) is 5.32 Å². The molecule has 0 bridgehead atoms. The number of nitrogens with zero attached hydrogens (tertiary/aromatic N) is 5. The van der Waals surface area contributed by atoms with Gasteiger partial charge < -0.3 is 15.2 Å². The summed E-state index contributed by atoms with van der Waals surface area (Å²) in [5.41, 5.74) is -5.90. The molecule has 2 N–H and O–H groups in total. The summed E-state index contributed by atoms with van der Waals surface area (Å²) in [5.74, 6) is -2.11. The Morgan fingerprint density at radius 1 is 1.13 bits per heavy atom. The summed E-state index contributed by atoms with van der Waals surface area (Å²) in [4.78, 5) is 29.5. The largest absolute Gasteiger partial charge is 0.416 e. The summed E-state index contributed by atoms with van der Waals surface area (Å²) in [6.07, 6.45) is -0.955. The molecule has 0 saturated heterocycles. The first-order chi connectivity index (χ1) is 23.2. The highest BCUT2D eigenvalue weighted by Crippen LogP contribution is 2.33. The van der Waals surface area contributed by atoms with Gasteiger partial charge in [0.25, 0.3) is 5.91 Å². The molecule has 0 fully saturated rings. The van der Waals surface area contributed by atoms with E-state index in [9.17, 15) is 18.0 Å². The zero-order valence-electron chi connectivity index (χ0n) is 30.7. The van der Waals surface area contributed by atoms with E-state index >= 15 is 0 Å². The van der Waals surface area contributed by atoms with E-state index in [0.29, 0.717) is 5.69 Å². The maximum Gasteiger partial charge on any atom is 0.416 e. The van der Waals surface area contributed by atoms with Crippen LogP contribution in [0, 0.1) is 13.8 Å². The minimum Gasteiger partial charge on any atom is -0.324 e. The van der Waals surface area contributed by atoms with Crippen LogP contribution in [0.3, 0.4) is 0 Å². The van der Waals surface area contributed by atoms with Crippen molar-refractivity contribution in [3.8, 4) is 16.9 Å². The topological polar surface area (TPSA) is 97.6 Å². The molecule has 3 aromatic heterocycles. The van der Waals surface area contributed by atoms with E-state index in [-0.39, 0.29) is 11.3 Å². The van der Waals surface area contributed by atoms with Crippen molar-refractivity contribution in [2.45, 2.75) is 20.0 Å². The summed E-state index contributed by atoms with van der Waals surface area (Å²) >= 11 is 0. The van der Waals surface area contributed by atoms with Crippen molar-refractivity contribution in [2.24, 2.45) is 0 Å². The van der Waals surface area contributed by atoms with Gasteiger partial charge in [-0.15, -0.1) is 0 Å². The third-order valence-corrected chi connectivity index (χ3v) is 4.99. The fraction of sp³-hybridized carbons (Fsp3) is 0.107. The second kappa shape index (κ2) is 10.4. The fourth-order valence-corrected chi connectivity index (χ4v) is 3.22. The maximum absolute atomic E-state index is 14.1. The van der Waals surface area contributed by atoms with Gasteiger partial charge in [-0.05, 0) is 67.7 Å². The maximum atomic E-state index is 14.1. The van der Waals surface area contributed by atoms with Crippen LogP contribution in [0.25, 0.3) is 16.9 Å². The number of pyridine rings is 1. The fourth-order valence-electron chi connectivity index (χ4n) is 3.22. The molecule has 2 aromatic carbocycles. The zero-order chi connectivity index (χ0) is 37.0. The highest BCUT2D eigenvalue weighted by atomic mass is 19.4. The van der Waals surface area contributed by atoms with Crippen LogP contribution in [0.1, 0.15) is 42.3 Å². The molecule has 0 spiro atoms. The van der Waals surface area contributed by atoms with Gasteiger partial charge in [-0.25, -0.2) is 15.0 Å². The standard InChI is InChI=1S/C28H22F3N7O/c1-17-5-6-19(10-25(17)37-27-33-9-7-24(36-27)20-4-3-8-32-14-20)26(39)35-22-11-21(28(29,30)31)12-23(13-22)38-15-18(2)34-16-38/h3-16H,1-2H3,(H,35,39)(H,33,36,37)/i1D3,5D,6D,7D,9D,10D,11D,12D,13D. The number of rotatable bonds is 6. The van der Waals surface area contributed by atoms with Crippen molar-refractivity contribution in [3.63, 3.8) is 0 Å². The number of carbonyl (C=O) groups is 1. The minimum absolute atomic E-state index is 0.128. The molecule has 5 rings (SSSR count). The van der Waals surface area contributed by atoms with Crippen molar-refractivity contribution in [2.75, 3.05) is 10.6 Å². The zero-order valence-corrected chi connectivity index (χ0v) is 19.7. The molecule has 0 aliphatic heterocycles. The Labute approximate surface area is 237 Å². The highest BCUT2D eigenvalue weighted by molar-refractivity contribution is 6.05. The first-order valence-corrected chi connectivity index (χ1v) is 10.9. The molecule has 0 radical (unpaired) electrons. The lowest BCUT2D eigenvalue weighted by Gasteiger charge is -2.14. The third-order valence-electron chi connectivity index (χ3n) is 4.99. The molecular formula is C28H22F3N7O. The van der Waals surface area contributed by atoms with Crippen LogP contribution in [0.2, 0.25) is 0 Å². The summed E-state index contributed by atoms with van der Waals surface area (Å²) in [6.45, 7) is -1.71. The Kier molecular flexibility index (Phi) is 4.09. The predicted octanol–water partition coefficient (Wildman–Crippen LogP) is 6.36. The lowest BCUT2D eigenvalue weighted by atomic mass is 10.1. The number of aryl methyl sites for hydroxylation is 1. The minimum atomic E-state index is -5.31. The molecule has 1 amide bonds. The number of amides is 1. The molecule has 39 heavy (non-hydrogen) atoms. The van der Waals surface area contributed by atoms with E-state index in [1.54, 1.807) is 0 Å².